The second kappa shape index (κ2) is 5.28. The Balaban J connectivity index is 3.12. The Kier molecular flexibility index (Phi) is 4.51. The zero-order valence-electron chi connectivity index (χ0n) is 14.0. The van der Waals surface area contributed by atoms with Gasteiger partial charge in [0.2, 0.25) is 0 Å². The van der Waals surface area contributed by atoms with Crippen molar-refractivity contribution in [2.75, 3.05) is 0 Å². The molecule has 0 aliphatic heterocycles. The molecule has 0 bridgehead atoms. The maximum absolute atomic E-state index is 6.34. The summed E-state index contributed by atoms with van der Waals surface area (Å²) in [5.41, 5.74) is 12.3. The predicted molar refractivity (Wildman–Crippen MR) is 85.8 cm³/mol. The van der Waals surface area contributed by atoms with Crippen molar-refractivity contribution < 1.29 is 0 Å². The largest absolute Gasteiger partial charge is 0.327 e. The normalized spacial score (nSPS) is 14.6. The maximum Gasteiger partial charge on any atom is 0.0128 e. The van der Waals surface area contributed by atoms with Gasteiger partial charge in [0.25, 0.3) is 0 Å². The molecule has 0 saturated heterocycles. The van der Waals surface area contributed by atoms with Crippen LogP contribution in [-0.4, -0.2) is 6.04 Å². The molecule has 1 atom stereocenters. The maximum atomic E-state index is 6.34. The molecule has 1 nitrogen and oxygen atoms in total. The van der Waals surface area contributed by atoms with Crippen LogP contribution in [0.1, 0.15) is 63.8 Å². The van der Waals surface area contributed by atoms with Gasteiger partial charge in [0.05, 0.1) is 0 Å². The second-order valence-electron chi connectivity index (χ2n) is 8.02. The van der Waals surface area contributed by atoms with Crippen LogP contribution in [0.25, 0.3) is 0 Å². The Morgan fingerprint density at radius 2 is 1.37 bits per heavy atom. The molecule has 2 N–H and O–H groups in total. The van der Waals surface area contributed by atoms with Gasteiger partial charge in [0, 0.05) is 6.04 Å². The van der Waals surface area contributed by atoms with Crippen LogP contribution in [0.3, 0.4) is 0 Å². The lowest BCUT2D eigenvalue weighted by Crippen LogP contribution is -2.37. The molecular weight excluding hydrogens is 230 g/mol. The molecule has 0 amide bonds. The first kappa shape index (κ1) is 16.2. The van der Waals surface area contributed by atoms with Gasteiger partial charge in [-0.25, -0.2) is 0 Å². The van der Waals surface area contributed by atoms with Crippen LogP contribution in [0, 0.1) is 19.3 Å². The molecular formula is C18H31N. The fourth-order valence-corrected chi connectivity index (χ4v) is 2.27. The molecule has 1 aromatic carbocycles. The highest BCUT2D eigenvalue weighted by atomic mass is 14.7. The van der Waals surface area contributed by atoms with E-state index in [1.165, 1.54) is 22.3 Å². The molecule has 0 aliphatic rings. The molecule has 0 aliphatic carbocycles. The second-order valence-corrected chi connectivity index (χ2v) is 8.02. The van der Waals surface area contributed by atoms with E-state index < -0.39 is 0 Å². The Morgan fingerprint density at radius 3 is 1.68 bits per heavy atom. The highest BCUT2D eigenvalue weighted by Crippen LogP contribution is 2.29. The van der Waals surface area contributed by atoms with E-state index in [-0.39, 0.29) is 16.9 Å². The first-order chi connectivity index (χ1) is 8.43. The third kappa shape index (κ3) is 4.07. The lowest BCUT2D eigenvalue weighted by molar-refractivity contribution is 0.318. The Labute approximate surface area is 119 Å². The number of rotatable bonds is 2. The molecule has 0 spiro atoms. The minimum absolute atomic E-state index is 0.154. The van der Waals surface area contributed by atoms with Crippen molar-refractivity contribution >= 4 is 0 Å². The first-order valence-electron chi connectivity index (χ1n) is 7.29. The van der Waals surface area contributed by atoms with E-state index in [0.717, 1.165) is 6.42 Å². The molecule has 0 fully saturated rings. The molecule has 0 aromatic heterocycles. The zero-order chi connectivity index (χ0) is 15.0. The molecule has 0 heterocycles. The fraction of sp³-hybridized carbons (Fsp3) is 0.667. The quantitative estimate of drug-likeness (QED) is 0.832. The van der Waals surface area contributed by atoms with Crippen LogP contribution in [0.15, 0.2) is 12.1 Å². The van der Waals surface area contributed by atoms with Crippen molar-refractivity contribution in [3.05, 3.63) is 34.4 Å². The summed E-state index contributed by atoms with van der Waals surface area (Å²) in [5.74, 6) is 0. The molecule has 1 aromatic rings. The lowest BCUT2D eigenvalue weighted by atomic mass is 9.79. The lowest BCUT2D eigenvalue weighted by Gasteiger charge is -2.29. The summed E-state index contributed by atoms with van der Waals surface area (Å²) in [6.07, 6.45) is 0.964. The van der Waals surface area contributed by atoms with Gasteiger partial charge in [0.1, 0.15) is 0 Å². The molecule has 0 saturated carbocycles. The number of hydrogen-bond donors (Lipinski definition) is 1. The Morgan fingerprint density at radius 1 is 0.947 bits per heavy atom. The minimum Gasteiger partial charge on any atom is -0.327 e. The third-order valence-electron chi connectivity index (χ3n) is 4.10. The third-order valence-corrected chi connectivity index (χ3v) is 4.10. The van der Waals surface area contributed by atoms with Crippen LogP contribution in [0.5, 0.6) is 0 Å². The SMILES string of the molecule is Cc1cc(C(C)(C)C)cc(C)c1CC(N)C(C)(C)C. The van der Waals surface area contributed by atoms with Crippen molar-refractivity contribution in [3.8, 4) is 0 Å². The topological polar surface area (TPSA) is 26.0 Å². The molecule has 1 heteroatoms. The van der Waals surface area contributed by atoms with Crippen molar-refractivity contribution in [3.63, 3.8) is 0 Å². The smallest absolute Gasteiger partial charge is 0.0128 e. The summed E-state index contributed by atoms with van der Waals surface area (Å²) in [4.78, 5) is 0. The summed E-state index contributed by atoms with van der Waals surface area (Å²) < 4.78 is 0. The molecule has 0 radical (unpaired) electrons. The highest BCUT2D eigenvalue weighted by Gasteiger charge is 2.23. The van der Waals surface area contributed by atoms with Gasteiger partial charge in [-0.15, -0.1) is 0 Å². The van der Waals surface area contributed by atoms with Crippen LogP contribution < -0.4 is 5.73 Å². The Hall–Kier alpha value is -0.820. The number of aryl methyl sites for hydroxylation is 2. The zero-order valence-corrected chi connectivity index (χ0v) is 14.0. The van der Waals surface area contributed by atoms with E-state index in [1.807, 2.05) is 0 Å². The Bertz CT molecular complexity index is 421. The average Bonchev–Trinajstić information content (AvgIpc) is 2.19. The standard InChI is InChI=1S/C18H31N/c1-12-9-14(17(3,4)5)10-13(2)15(12)11-16(19)18(6,7)8/h9-10,16H,11,19H2,1-8H3. The van der Waals surface area contributed by atoms with E-state index >= 15 is 0 Å². The van der Waals surface area contributed by atoms with E-state index in [4.69, 9.17) is 5.73 Å². The summed E-state index contributed by atoms with van der Waals surface area (Å²) >= 11 is 0. The van der Waals surface area contributed by atoms with Gasteiger partial charge in [-0.2, -0.15) is 0 Å². The number of hydrogen-bond acceptors (Lipinski definition) is 1. The predicted octanol–water partition coefficient (Wildman–Crippen LogP) is 4.52. The van der Waals surface area contributed by atoms with E-state index in [2.05, 4.69) is 67.5 Å². The monoisotopic (exact) mass is 261 g/mol. The molecule has 1 rings (SSSR count). The van der Waals surface area contributed by atoms with Crippen LogP contribution in [0.2, 0.25) is 0 Å². The van der Waals surface area contributed by atoms with E-state index in [0.29, 0.717) is 0 Å². The number of benzene rings is 1. The van der Waals surface area contributed by atoms with Gasteiger partial charge in [-0.3, -0.25) is 0 Å². The first-order valence-corrected chi connectivity index (χ1v) is 7.29. The van der Waals surface area contributed by atoms with Crippen molar-refractivity contribution in [1.29, 1.82) is 0 Å². The summed E-state index contributed by atoms with van der Waals surface area (Å²) in [7, 11) is 0. The molecule has 19 heavy (non-hydrogen) atoms. The summed E-state index contributed by atoms with van der Waals surface area (Å²) in [5, 5.41) is 0. The van der Waals surface area contributed by atoms with Gasteiger partial charge in [0.15, 0.2) is 0 Å². The van der Waals surface area contributed by atoms with Crippen molar-refractivity contribution in [2.45, 2.75) is 73.3 Å². The van der Waals surface area contributed by atoms with Crippen LogP contribution in [-0.2, 0) is 11.8 Å². The van der Waals surface area contributed by atoms with Crippen LogP contribution in [0.4, 0.5) is 0 Å². The van der Waals surface area contributed by atoms with E-state index in [9.17, 15) is 0 Å². The molecule has 108 valence electrons. The average molecular weight is 261 g/mol. The van der Waals surface area contributed by atoms with Gasteiger partial charge in [-0.1, -0.05) is 53.7 Å². The fourth-order valence-electron chi connectivity index (χ4n) is 2.27. The summed E-state index contributed by atoms with van der Waals surface area (Å²) in [6, 6.07) is 4.86. The van der Waals surface area contributed by atoms with Crippen molar-refractivity contribution in [2.24, 2.45) is 11.1 Å². The minimum atomic E-state index is 0.154. The molecule has 1 unspecified atom stereocenters. The van der Waals surface area contributed by atoms with Crippen LogP contribution >= 0.6 is 0 Å². The van der Waals surface area contributed by atoms with Gasteiger partial charge < -0.3 is 5.73 Å². The van der Waals surface area contributed by atoms with E-state index in [1.54, 1.807) is 0 Å². The number of nitrogens with two attached hydrogens (primary N) is 1. The highest BCUT2D eigenvalue weighted by molar-refractivity contribution is 5.41. The summed E-state index contributed by atoms with van der Waals surface area (Å²) in [6.45, 7) is 17.9. The van der Waals surface area contributed by atoms with Crippen molar-refractivity contribution in [1.82, 2.24) is 0 Å². The van der Waals surface area contributed by atoms with Gasteiger partial charge >= 0.3 is 0 Å². The van der Waals surface area contributed by atoms with Gasteiger partial charge in [-0.05, 0) is 53.4 Å².